The van der Waals surface area contributed by atoms with Crippen molar-refractivity contribution in [2.75, 3.05) is 12.9 Å². The fourth-order valence-electron chi connectivity index (χ4n) is 1.14. The van der Waals surface area contributed by atoms with Crippen molar-refractivity contribution in [3.05, 3.63) is 0 Å². The van der Waals surface area contributed by atoms with Crippen LogP contribution in [0.3, 0.4) is 0 Å². The van der Waals surface area contributed by atoms with Gasteiger partial charge in [0.1, 0.15) is 6.10 Å². The van der Waals surface area contributed by atoms with Crippen molar-refractivity contribution < 1.29 is 17.3 Å². The molecule has 1 rings (SSSR count). The topological polar surface area (TPSA) is 52.6 Å². The van der Waals surface area contributed by atoms with Gasteiger partial charge in [0.15, 0.2) is 5.60 Å². The lowest BCUT2D eigenvalue weighted by Crippen LogP contribution is -2.22. The van der Waals surface area contributed by atoms with Gasteiger partial charge in [-0.15, -0.1) is 6.42 Å². The molecule has 1 fully saturated rings. The summed E-state index contributed by atoms with van der Waals surface area (Å²) < 4.78 is 31.6. The molecule has 1 aliphatic rings. The minimum Gasteiger partial charge on any atom is -0.374 e. The van der Waals surface area contributed by atoms with Crippen LogP contribution in [0.1, 0.15) is 13.3 Å². The van der Waals surface area contributed by atoms with Crippen LogP contribution in [0.2, 0.25) is 0 Å². The van der Waals surface area contributed by atoms with Crippen LogP contribution in [0.25, 0.3) is 0 Å². The van der Waals surface area contributed by atoms with Crippen molar-refractivity contribution in [3.63, 3.8) is 0 Å². The summed E-state index contributed by atoms with van der Waals surface area (Å²) in [5.41, 5.74) is -1.04. The van der Waals surface area contributed by atoms with E-state index in [-0.39, 0.29) is 6.10 Å². The summed E-state index contributed by atoms with van der Waals surface area (Å²) in [5.74, 6) is 2.32. The average molecular weight is 204 g/mol. The van der Waals surface area contributed by atoms with Crippen LogP contribution in [0.5, 0.6) is 0 Å². The van der Waals surface area contributed by atoms with Crippen molar-refractivity contribution in [1.82, 2.24) is 0 Å². The molecule has 0 bridgehead atoms. The molecule has 0 radical (unpaired) electrons. The van der Waals surface area contributed by atoms with Gasteiger partial charge in [-0.05, 0) is 6.92 Å². The summed E-state index contributed by atoms with van der Waals surface area (Å²) in [7, 11) is -3.51. The zero-order chi connectivity index (χ0) is 10.1. The van der Waals surface area contributed by atoms with Gasteiger partial charge in [0, 0.05) is 13.0 Å². The highest BCUT2D eigenvalue weighted by molar-refractivity contribution is 7.86. The second-order valence-corrected chi connectivity index (χ2v) is 4.54. The first kappa shape index (κ1) is 10.5. The zero-order valence-corrected chi connectivity index (χ0v) is 8.43. The van der Waals surface area contributed by atoms with Gasteiger partial charge in [-0.3, -0.25) is 0 Å². The van der Waals surface area contributed by atoms with Crippen LogP contribution in [0.4, 0.5) is 0 Å². The van der Waals surface area contributed by atoms with Gasteiger partial charge in [0.25, 0.3) is 10.1 Å². The van der Waals surface area contributed by atoms with E-state index in [9.17, 15) is 8.42 Å². The van der Waals surface area contributed by atoms with Crippen molar-refractivity contribution in [3.8, 4) is 12.3 Å². The van der Waals surface area contributed by atoms with Crippen molar-refractivity contribution in [2.24, 2.45) is 0 Å². The Kier molecular flexibility index (Phi) is 2.66. The molecule has 0 aromatic rings. The Bertz CT molecular complexity index is 327. The number of ether oxygens (including phenoxy) is 1. The molecule has 0 saturated heterocycles. The first-order valence-electron chi connectivity index (χ1n) is 3.93. The summed E-state index contributed by atoms with van der Waals surface area (Å²) >= 11 is 0. The van der Waals surface area contributed by atoms with E-state index in [1.54, 1.807) is 0 Å². The van der Waals surface area contributed by atoms with E-state index in [0.29, 0.717) is 13.0 Å². The van der Waals surface area contributed by atoms with E-state index in [4.69, 9.17) is 15.3 Å². The van der Waals surface area contributed by atoms with Crippen LogP contribution in [0, 0.1) is 12.3 Å². The third-order valence-electron chi connectivity index (χ3n) is 1.76. The summed E-state index contributed by atoms with van der Waals surface area (Å²) in [6.07, 6.45) is 6.33. The highest BCUT2D eigenvalue weighted by atomic mass is 32.2. The SMILES string of the molecule is C#C[C@]1(OS(C)(=O)=O)C[C@@H]1OCC. The van der Waals surface area contributed by atoms with Gasteiger partial charge in [0.2, 0.25) is 0 Å². The first-order chi connectivity index (χ1) is 5.93. The Hall–Kier alpha value is -0.570. The van der Waals surface area contributed by atoms with Crippen LogP contribution in [-0.4, -0.2) is 33.0 Å². The first-order valence-corrected chi connectivity index (χ1v) is 5.75. The Labute approximate surface area is 78.3 Å². The maximum atomic E-state index is 10.8. The van der Waals surface area contributed by atoms with Crippen molar-refractivity contribution >= 4 is 10.1 Å². The van der Waals surface area contributed by atoms with E-state index in [1.165, 1.54) is 0 Å². The number of terminal acetylenes is 1. The highest BCUT2D eigenvalue weighted by Gasteiger charge is 2.58. The molecular formula is C8H12O4S. The smallest absolute Gasteiger partial charge is 0.265 e. The molecule has 0 spiro atoms. The fourth-order valence-corrected chi connectivity index (χ4v) is 1.91. The molecular weight excluding hydrogens is 192 g/mol. The van der Waals surface area contributed by atoms with Gasteiger partial charge in [0.05, 0.1) is 6.26 Å². The molecule has 1 aliphatic carbocycles. The normalized spacial score (nSPS) is 32.5. The largest absolute Gasteiger partial charge is 0.374 e. The molecule has 0 unspecified atom stereocenters. The van der Waals surface area contributed by atoms with E-state index >= 15 is 0 Å². The third-order valence-corrected chi connectivity index (χ3v) is 2.36. The minimum absolute atomic E-state index is 0.280. The Morgan fingerprint density at radius 1 is 1.69 bits per heavy atom. The van der Waals surface area contributed by atoms with Crippen LogP contribution in [0.15, 0.2) is 0 Å². The second-order valence-electron chi connectivity index (χ2n) is 2.97. The van der Waals surface area contributed by atoms with Crippen LogP contribution in [-0.2, 0) is 19.0 Å². The predicted octanol–water partition coefficient (Wildman–Crippen LogP) is 0.143. The Morgan fingerprint density at radius 2 is 2.31 bits per heavy atom. The van der Waals surface area contributed by atoms with Gasteiger partial charge in [-0.2, -0.15) is 8.42 Å². The molecule has 0 aromatic carbocycles. The van der Waals surface area contributed by atoms with Gasteiger partial charge in [-0.25, -0.2) is 4.18 Å². The molecule has 0 N–H and O–H groups in total. The minimum atomic E-state index is -3.51. The molecule has 0 heterocycles. The number of rotatable bonds is 4. The summed E-state index contributed by atoms with van der Waals surface area (Å²) in [6, 6.07) is 0. The fraction of sp³-hybridized carbons (Fsp3) is 0.750. The molecule has 2 atom stereocenters. The highest BCUT2D eigenvalue weighted by Crippen LogP contribution is 2.43. The molecule has 0 amide bonds. The molecule has 0 aliphatic heterocycles. The third kappa shape index (κ3) is 2.44. The monoisotopic (exact) mass is 204 g/mol. The molecule has 0 aromatic heterocycles. The summed E-state index contributed by atoms with van der Waals surface area (Å²) in [4.78, 5) is 0. The lowest BCUT2D eigenvalue weighted by molar-refractivity contribution is 0.0811. The van der Waals surface area contributed by atoms with Crippen molar-refractivity contribution in [1.29, 1.82) is 0 Å². The summed E-state index contributed by atoms with van der Waals surface area (Å²) in [6.45, 7) is 2.32. The molecule has 74 valence electrons. The van der Waals surface area contributed by atoms with Gasteiger partial charge < -0.3 is 4.74 Å². The maximum Gasteiger partial charge on any atom is 0.265 e. The maximum absolute atomic E-state index is 10.8. The Morgan fingerprint density at radius 3 is 2.69 bits per heavy atom. The molecule has 1 saturated carbocycles. The van der Waals surface area contributed by atoms with Crippen molar-refractivity contribution in [2.45, 2.75) is 25.0 Å². The van der Waals surface area contributed by atoms with E-state index in [2.05, 4.69) is 5.92 Å². The van der Waals surface area contributed by atoms with E-state index in [0.717, 1.165) is 6.26 Å². The lowest BCUT2D eigenvalue weighted by atomic mass is 10.4. The zero-order valence-electron chi connectivity index (χ0n) is 7.61. The van der Waals surface area contributed by atoms with Gasteiger partial charge in [-0.1, -0.05) is 5.92 Å². The standard InChI is InChI=1S/C8H12O4S/c1-4-8(12-13(3,9)10)6-7(8)11-5-2/h1,7H,5-6H2,2-3H3/t7-,8-/m0/s1. The molecule has 4 nitrogen and oxygen atoms in total. The second kappa shape index (κ2) is 3.29. The Balaban J connectivity index is 2.63. The predicted molar refractivity (Wildman–Crippen MR) is 47.5 cm³/mol. The average Bonchev–Trinajstić information content (AvgIpc) is 2.61. The molecule has 5 heteroatoms. The van der Waals surface area contributed by atoms with E-state index < -0.39 is 15.7 Å². The van der Waals surface area contributed by atoms with E-state index in [1.807, 2.05) is 6.92 Å². The lowest BCUT2D eigenvalue weighted by Gasteiger charge is -2.09. The van der Waals surface area contributed by atoms with Crippen LogP contribution < -0.4 is 0 Å². The molecule has 13 heavy (non-hydrogen) atoms. The van der Waals surface area contributed by atoms with Gasteiger partial charge >= 0.3 is 0 Å². The quantitative estimate of drug-likeness (QED) is 0.483. The number of hydrogen-bond acceptors (Lipinski definition) is 4. The summed E-state index contributed by atoms with van der Waals surface area (Å²) in [5, 5.41) is 0. The number of hydrogen-bond donors (Lipinski definition) is 0. The van der Waals surface area contributed by atoms with Crippen LogP contribution >= 0.6 is 0 Å².